The number of nitrogens with two attached hydrogens (primary N) is 1. The summed E-state index contributed by atoms with van der Waals surface area (Å²) in [5, 5.41) is 3.06. The van der Waals surface area contributed by atoms with Crippen molar-refractivity contribution in [3.63, 3.8) is 0 Å². The van der Waals surface area contributed by atoms with Crippen molar-refractivity contribution in [1.82, 2.24) is 4.98 Å². The molecule has 0 saturated carbocycles. The predicted molar refractivity (Wildman–Crippen MR) is 73.6 cm³/mol. The molecule has 0 aliphatic heterocycles. The molecule has 1 unspecified atom stereocenters. The highest BCUT2D eigenvalue weighted by atomic mass is 19.1. The van der Waals surface area contributed by atoms with Gasteiger partial charge in [0.1, 0.15) is 11.6 Å². The van der Waals surface area contributed by atoms with Crippen LogP contribution in [-0.2, 0) is 0 Å². The molecule has 1 aromatic carbocycles. The van der Waals surface area contributed by atoms with Crippen LogP contribution in [0, 0.1) is 5.82 Å². The molecule has 5 heteroatoms. The standard InChI is InChI=1S/C14H16FN3O/c1-9(12-5-3-4-6-17-12)18-13-8-14(19-2)11(16)7-10(13)15/h3-9,18H,16H2,1-2H3. The van der Waals surface area contributed by atoms with Crippen LogP contribution in [0.15, 0.2) is 36.5 Å². The average molecular weight is 261 g/mol. The number of hydrogen-bond donors (Lipinski definition) is 2. The van der Waals surface area contributed by atoms with Gasteiger partial charge < -0.3 is 15.8 Å². The number of anilines is 2. The van der Waals surface area contributed by atoms with Crippen LogP contribution in [0.25, 0.3) is 0 Å². The maximum absolute atomic E-state index is 13.8. The summed E-state index contributed by atoms with van der Waals surface area (Å²) in [7, 11) is 1.50. The van der Waals surface area contributed by atoms with Gasteiger partial charge in [-0.15, -0.1) is 0 Å². The lowest BCUT2D eigenvalue weighted by molar-refractivity contribution is 0.416. The first-order valence-corrected chi connectivity index (χ1v) is 5.92. The minimum Gasteiger partial charge on any atom is -0.495 e. The number of pyridine rings is 1. The van der Waals surface area contributed by atoms with Crippen LogP contribution in [-0.4, -0.2) is 12.1 Å². The number of hydrogen-bond acceptors (Lipinski definition) is 4. The van der Waals surface area contributed by atoms with Crippen LogP contribution in [0.5, 0.6) is 5.75 Å². The number of nitrogens with one attached hydrogen (secondary N) is 1. The first kappa shape index (κ1) is 13.1. The summed E-state index contributed by atoms with van der Waals surface area (Å²) < 4.78 is 18.9. The second-order valence-electron chi connectivity index (χ2n) is 4.19. The Labute approximate surface area is 111 Å². The molecule has 0 bridgehead atoms. The molecule has 1 atom stereocenters. The maximum Gasteiger partial charge on any atom is 0.148 e. The van der Waals surface area contributed by atoms with E-state index in [9.17, 15) is 4.39 Å². The van der Waals surface area contributed by atoms with Crippen LogP contribution >= 0.6 is 0 Å². The third-order valence-corrected chi connectivity index (χ3v) is 2.82. The number of halogens is 1. The van der Waals surface area contributed by atoms with Crippen LogP contribution in [0.1, 0.15) is 18.7 Å². The number of nitrogen functional groups attached to an aromatic ring is 1. The van der Waals surface area contributed by atoms with Crippen molar-refractivity contribution in [1.29, 1.82) is 0 Å². The van der Waals surface area contributed by atoms with E-state index < -0.39 is 5.82 Å². The zero-order valence-corrected chi connectivity index (χ0v) is 10.9. The second-order valence-corrected chi connectivity index (χ2v) is 4.19. The molecule has 0 radical (unpaired) electrons. The summed E-state index contributed by atoms with van der Waals surface area (Å²) >= 11 is 0. The molecule has 4 nitrogen and oxygen atoms in total. The fourth-order valence-electron chi connectivity index (χ4n) is 1.80. The van der Waals surface area contributed by atoms with Gasteiger partial charge in [0.25, 0.3) is 0 Å². The number of methoxy groups -OCH3 is 1. The lowest BCUT2D eigenvalue weighted by Crippen LogP contribution is -2.10. The van der Waals surface area contributed by atoms with Crippen molar-refractivity contribution >= 4 is 11.4 Å². The normalized spacial score (nSPS) is 11.9. The maximum atomic E-state index is 13.8. The largest absolute Gasteiger partial charge is 0.495 e. The van der Waals surface area contributed by atoms with E-state index in [1.807, 2.05) is 25.1 Å². The third kappa shape index (κ3) is 2.93. The Morgan fingerprint density at radius 2 is 2.16 bits per heavy atom. The summed E-state index contributed by atoms with van der Waals surface area (Å²) in [5.74, 6) is 0.0261. The van der Waals surface area contributed by atoms with E-state index in [2.05, 4.69) is 10.3 Å². The lowest BCUT2D eigenvalue weighted by Gasteiger charge is -2.16. The molecular weight excluding hydrogens is 245 g/mol. The quantitative estimate of drug-likeness (QED) is 0.831. The monoisotopic (exact) mass is 261 g/mol. The summed E-state index contributed by atoms with van der Waals surface area (Å²) in [6.45, 7) is 1.91. The SMILES string of the molecule is COc1cc(NC(C)c2ccccn2)c(F)cc1N. The van der Waals surface area contributed by atoms with E-state index in [4.69, 9.17) is 10.5 Å². The number of benzene rings is 1. The van der Waals surface area contributed by atoms with Crippen LogP contribution < -0.4 is 15.8 Å². The Balaban J connectivity index is 2.24. The van der Waals surface area contributed by atoms with Gasteiger partial charge in [0.2, 0.25) is 0 Å². The summed E-state index contributed by atoms with van der Waals surface area (Å²) in [5.41, 5.74) is 7.08. The Morgan fingerprint density at radius 3 is 2.79 bits per heavy atom. The molecular formula is C14H16FN3O. The molecule has 2 rings (SSSR count). The Hall–Kier alpha value is -2.30. The van der Waals surface area contributed by atoms with Gasteiger partial charge in [-0.05, 0) is 19.1 Å². The van der Waals surface area contributed by atoms with Gasteiger partial charge >= 0.3 is 0 Å². The lowest BCUT2D eigenvalue weighted by atomic mass is 10.2. The van der Waals surface area contributed by atoms with Crippen molar-refractivity contribution < 1.29 is 9.13 Å². The van der Waals surface area contributed by atoms with Gasteiger partial charge in [-0.25, -0.2) is 4.39 Å². The first-order chi connectivity index (χ1) is 9.11. The molecule has 0 amide bonds. The van der Waals surface area contributed by atoms with E-state index in [0.29, 0.717) is 11.4 Å². The van der Waals surface area contributed by atoms with E-state index >= 15 is 0 Å². The van der Waals surface area contributed by atoms with Crippen molar-refractivity contribution in [2.75, 3.05) is 18.2 Å². The Morgan fingerprint density at radius 1 is 1.37 bits per heavy atom. The van der Waals surface area contributed by atoms with Crippen LogP contribution in [0.3, 0.4) is 0 Å². The van der Waals surface area contributed by atoms with Crippen molar-refractivity contribution in [3.8, 4) is 5.75 Å². The van der Waals surface area contributed by atoms with Crippen LogP contribution in [0.4, 0.5) is 15.8 Å². The smallest absolute Gasteiger partial charge is 0.148 e. The van der Waals surface area contributed by atoms with E-state index in [0.717, 1.165) is 5.69 Å². The van der Waals surface area contributed by atoms with Gasteiger partial charge in [-0.3, -0.25) is 4.98 Å². The number of ether oxygens (including phenoxy) is 1. The number of rotatable bonds is 4. The fraction of sp³-hybridized carbons (Fsp3) is 0.214. The van der Waals surface area contributed by atoms with Gasteiger partial charge in [0.15, 0.2) is 0 Å². The highest BCUT2D eigenvalue weighted by Crippen LogP contribution is 2.30. The predicted octanol–water partition coefficient (Wildman–Crippen LogP) is 2.98. The molecule has 0 saturated heterocycles. The van der Waals surface area contributed by atoms with Gasteiger partial charge in [0, 0.05) is 18.3 Å². The van der Waals surface area contributed by atoms with E-state index in [1.165, 1.54) is 13.2 Å². The molecule has 1 aromatic heterocycles. The first-order valence-electron chi connectivity index (χ1n) is 5.92. The Bertz CT molecular complexity index is 560. The average Bonchev–Trinajstić information content (AvgIpc) is 2.42. The summed E-state index contributed by atoms with van der Waals surface area (Å²) in [6.07, 6.45) is 1.70. The van der Waals surface area contributed by atoms with Gasteiger partial charge in [-0.1, -0.05) is 6.07 Å². The third-order valence-electron chi connectivity index (χ3n) is 2.82. The van der Waals surface area contributed by atoms with E-state index in [1.54, 1.807) is 12.3 Å². The van der Waals surface area contributed by atoms with E-state index in [-0.39, 0.29) is 11.7 Å². The minimum absolute atomic E-state index is 0.121. The highest BCUT2D eigenvalue weighted by molar-refractivity contribution is 5.62. The topological polar surface area (TPSA) is 60.2 Å². The molecule has 0 spiro atoms. The summed E-state index contributed by atoms with van der Waals surface area (Å²) in [4.78, 5) is 4.22. The molecule has 0 fully saturated rings. The zero-order valence-electron chi connectivity index (χ0n) is 10.9. The minimum atomic E-state index is -0.416. The van der Waals surface area contributed by atoms with Crippen molar-refractivity contribution in [2.45, 2.75) is 13.0 Å². The summed E-state index contributed by atoms with van der Waals surface area (Å²) in [6, 6.07) is 8.27. The van der Waals surface area contributed by atoms with Gasteiger partial charge in [0.05, 0.1) is 30.2 Å². The van der Waals surface area contributed by atoms with Crippen molar-refractivity contribution in [2.24, 2.45) is 0 Å². The van der Waals surface area contributed by atoms with Gasteiger partial charge in [-0.2, -0.15) is 0 Å². The second kappa shape index (κ2) is 5.56. The molecule has 100 valence electrons. The highest BCUT2D eigenvalue weighted by Gasteiger charge is 2.12. The Kier molecular flexibility index (Phi) is 3.85. The zero-order chi connectivity index (χ0) is 13.8. The molecule has 2 aromatic rings. The molecule has 3 N–H and O–H groups in total. The molecule has 0 aliphatic rings. The molecule has 1 heterocycles. The number of aromatic nitrogens is 1. The van der Waals surface area contributed by atoms with Crippen LogP contribution in [0.2, 0.25) is 0 Å². The molecule has 0 aliphatic carbocycles. The fourth-order valence-corrected chi connectivity index (χ4v) is 1.80. The number of nitrogens with zero attached hydrogens (tertiary/aromatic N) is 1. The van der Waals surface area contributed by atoms with Crippen molar-refractivity contribution in [3.05, 3.63) is 48.0 Å². The molecule has 19 heavy (non-hydrogen) atoms.